The molecule has 0 radical (unpaired) electrons. The lowest BCUT2D eigenvalue weighted by molar-refractivity contribution is -0.127. The molecule has 0 aromatic carbocycles. The highest BCUT2D eigenvalue weighted by molar-refractivity contribution is 7.80. The van der Waals surface area contributed by atoms with Crippen LogP contribution in [0, 0.1) is 13.8 Å². The predicted molar refractivity (Wildman–Crippen MR) is 107 cm³/mol. The molecule has 1 fully saturated rings. The largest absolute Gasteiger partial charge is 0.363 e. The van der Waals surface area contributed by atoms with Crippen LogP contribution in [-0.4, -0.2) is 58.0 Å². The third-order valence-corrected chi connectivity index (χ3v) is 4.06. The Bertz CT molecular complexity index is 657. The first kappa shape index (κ1) is 20.0. The summed E-state index contributed by atoms with van der Waals surface area (Å²) in [5, 5.41) is 9.65. The first-order valence-corrected chi connectivity index (χ1v) is 9.35. The number of rotatable bonds is 6. The summed E-state index contributed by atoms with van der Waals surface area (Å²) in [5.41, 5.74) is 1.75. The quantitative estimate of drug-likeness (QED) is 0.298. The second kappa shape index (κ2) is 10.0. The molecule has 8 nitrogen and oxygen atoms in total. The minimum absolute atomic E-state index is 0.238. The number of guanidine groups is 1. The molecule has 0 saturated carbocycles. The fraction of sp³-hybridized carbons (Fsp3) is 0.588. The van der Waals surface area contributed by atoms with E-state index in [9.17, 15) is 4.79 Å². The molecule has 1 aromatic heterocycles. The zero-order chi connectivity index (χ0) is 18.9. The molecule has 1 aliphatic heterocycles. The lowest BCUT2D eigenvalue weighted by Crippen LogP contribution is -2.43. The van der Waals surface area contributed by atoms with E-state index in [1.54, 1.807) is 0 Å². The van der Waals surface area contributed by atoms with E-state index in [2.05, 4.69) is 30.9 Å². The number of hydrogen-bond acceptors (Lipinski definition) is 5. The smallest absolute Gasteiger partial charge is 0.229 e. The number of aryl methyl sites for hydroxylation is 2. The van der Waals surface area contributed by atoms with E-state index >= 15 is 0 Å². The number of nitrogens with one attached hydrogen (secondary N) is 3. The molecule has 26 heavy (non-hydrogen) atoms. The van der Waals surface area contributed by atoms with Crippen LogP contribution in [0.3, 0.4) is 0 Å². The van der Waals surface area contributed by atoms with E-state index in [1.165, 1.54) is 0 Å². The van der Waals surface area contributed by atoms with Crippen LogP contribution in [0.5, 0.6) is 0 Å². The van der Waals surface area contributed by atoms with Crippen molar-refractivity contribution in [3.63, 3.8) is 0 Å². The van der Waals surface area contributed by atoms with Gasteiger partial charge in [0.05, 0.1) is 0 Å². The van der Waals surface area contributed by atoms with Crippen molar-refractivity contribution in [3.8, 4) is 0 Å². The number of hydrogen-bond donors (Lipinski definition) is 3. The van der Waals surface area contributed by atoms with E-state index in [0.29, 0.717) is 30.0 Å². The van der Waals surface area contributed by atoms with E-state index < -0.39 is 0 Å². The SMILES string of the molecule is CCNC(=S)NC(=NCCCN1CCCC1=O)Nc1nc(C)cc(C)n1. The van der Waals surface area contributed by atoms with Crippen molar-refractivity contribution in [2.45, 2.75) is 40.0 Å². The number of carbonyl (C=O) groups is 1. The van der Waals surface area contributed by atoms with Crippen LogP contribution in [0.25, 0.3) is 0 Å². The topological polar surface area (TPSA) is 94.5 Å². The van der Waals surface area contributed by atoms with E-state index in [4.69, 9.17) is 12.2 Å². The number of aliphatic imine (C=N–C) groups is 1. The first-order chi connectivity index (χ1) is 12.5. The minimum atomic E-state index is 0.238. The van der Waals surface area contributed by atoms with Gasteiger partial charge in [0.15, 0.2) is 5.11 Å². The molecule has 1 saturated heterocycles. The number of anilines is 1. The second-order valence-corrected chi connectivity index (χ2v) is 6.56. The molecule has 1 aliphatic rings. The van der Waals surface area contributed by atoms with E-state index in [-0.39, 0.29) is 5.91 Å². The lowest BCUT2D eigenvalue weighted by Gasteiger charge is -2.15. The zero-order valence-corrected chi connectivity index (χ0v) is 16.4. The van der Waals surface area contributed by atoms with Crippen LogP contribution in [0.15, 0.2) is 11.1 Å². The molecular formula is C17H27N7OS. The molecule has 0 unspecified atom stereocenters. The van der Waals surface area contributed by atoms with Gasteiger partial charge in [-0.25, -0.2) is 9.97 Å². The Labute approximate surface area is 159 Å². The number of carbonyl (C=O) groups excluding carboxylic acids is 1. The van der Waals surface area contributed by atoms with Gasteiger partial charge in [0.25, 0.3) is 0 Å². The number of nitrogens with zero attached hydrogens (tertiary/aromatic N) is 4. The Hall–Kier alpha value is -2.29. The van der Waals surface area contributed by atoms with Crippen LogP contribution < -0.4 is 16.0 Å². The van der Waals surface area contributed by atoms with Gasteiger partial charge in [0.1, 0.15) is 0 Å². The van der Waals surface area contributed by atoms with Crippen molar-refractivity contribution in [1.29, 1.82) is 0 Å². The van der Waals surface area contributed by atoms with Crippen LogP contribution in [0.2, 0.25) is 0 Å². The summed E-state index contributed by atoms with van der Waals surface area (Å²) in [6, 6.07) is 1.91. The Morgan fingerprint density at radius 3 is 2.69 bits per heavy atom. The normalized spacial score (nSPS) is 14.5. The van der Waals surface area contributed by atoms with Gasteiger partial charge in [0.2, 0.25) is 17.8 Å². The molecule has 1 amide bonds. The molecule has 142 valence electrons. The predicted octanol–water partition coefficient (Wildman–Crippen LogP) is 1.36. The van der Waals surface area contributed by atoms with Crippen LogP contribution >= 0.6 is 12.2 Å². The highest BCUT2D eigenvalue weighted by atomic mass is 32.1. The van der Waals surface area contributed by atoms with E-state index in [0.717, 1.165) is 43.9 Å². The van der Waals surface area contributed by atoms with Crippen molar-refractivity contribution in [3.05, 3.63) is 17.5 Å². The summed E-state index contributed by atoms with van der Waals surface area (Å²) in [6.45, 7) is 8.67. The molecule has 3 N–H and O–H groups in total. The van der Waals surface area contributed by atoms with Crippen LogP contribution in [0.1, 0.15) is 37.6 Å². The fourth-order valence-electron chi connectivity index (χ4n) is 2.70. The van der Waals surface area contributed by atoms with Crippen molar-refractivity contribution in [2.75, 3.05) is 31.5 Å². The maximum Gasteiger partial charge on any atom is 0.229 e. The van der Waals surface area contributed by atoms with Crippen molar-refractivity contribution in [1.82, 2.24) is 25.5 Å². The first-order valence-electron chi connectivity index (χ1n) is 8.94. The van der Waals surface area contributed by atoms with Gasteiger partial charge in [-0.15, -0.1) is 0 Å². The maximum atomic E-state index is 11.6. The highest BCUT2D eigenvalue weighted by Crippen LogP contribution is 2.09. The molecule has 2 rings (SSSR count). The number of likely N-dealkylation sites (tertiary alicyclic amines) is 1. The summed E-state index contributed by atoms with van der Waals surface area (Å²) in [6.07, 6.45) is 2.41. The summed E-state index contributed by atoms with van der Waals surface area (Å²) in [5.74, 6) is 1.21. The molecule has 0 aliphatic carbocycles. The Morgan fingerprint density at radius 2 is 2.08 bits per heavy atom. The fourth-order valence-corrected chi connectivity index (χ4v) is 2.94. The second-order valence-electron chi connectivity index (χ2n) is 6.15. The average molecular weight is 378 g/mol. The summed E-state index contributed by atoms with van der Waals surface area (Å²) in [4.78, 5) is 26.8. The molecular weight excluding hydrogens is 350 g/mol. The standard InChI is InChI=1S/C17H27N7OS/c1-4-18-17(26)23-15(22-16-20-12(2)11-13(3)21-16)19-8-6-10-24-9-5-7-14(24)25/h11H,4-10H2,1-3H3,(H3,18,19,20,21,22,23,26). The van der Waals surface area contributed by atoms with Crippen LogP contribution in [0.4, 0.5) is 5.95 Å². The lowest BCUT2D eigenvalue weighted by atomic mass is 10.4. The van der Waals surface area contributed by atoms with E-state index in [1.807, 2.05) is 31.7 Å². The molecule has 2 heterocycles. The van der Waals surface area contributed by atoms with Gasteiger partial charge in [-0.1, -0.05) is 0 Å². The van der Waals surface area contributed by atoms with Crippen molar-refractivity contribution < 1.29 is 4.79 Å². The summed E-state index contributed by atoms with van der Waals surface area (Å²) in [7, 11) is 0. The Morgan fingerprint density at radius 1 is 1.35 bits per heavy atom. The summed E-state index contributed by atoms with van der Waals surface area (Å²) < 4.78 is 0. The number of amides is 1. The van der Waals surface area contributed by atoms with Gasteiger partial charge in [-0.05, 0) is 51.9 Å². The van der Waals surface area contributed by atoms with Crippen molar-refractivity contribution in [2.24, 2.45) is 4.99 Å². The van der Waals surface area contributed by atoms with Gasteiger partial charge >= 0.3 is 0 Å². The number of aromatic nitrogens is 2. The summed E-state index contributed by atoms with van der Waals surface area (Å²) >= 11 is 5.24. The number of thiocarbonyl (C=S) groups is 1. The third-order valence-electron chi connectivity index (χ3n) is 3.81. The molecule has 0 bridgehead atoms. The average Bonchev–Trinajstić information content (AvgIpc) is 2.95. The van der Waals surface area contributed by atoms with Gasteiger partial charge in [-0.2, -0.15) is 0 Å². The zero-order valence-electron chi connectivity index (χ0n) is 15.6. The maximum absolute atomic E-state index is 11.6. The Balaban J connectivity index is 1.97. The van der Waals surface area contributed by atoms with Gasteiger partial charge in [0, 0.05) is 44.0 Å². The third kappa shape index (κ3) is 6.55. The van der Waals surface area contributed by atoms with Gasteiger partial charge in [-0.3, -0.25) is 15.1 Å². The van der Waals surface area contributed by atoms with Crippen molar-refractivity contribution >= 4 is 35.1 Å². The highest BCUT2D eigenvalue weighted by Gasteiger charge is 2.18. The molecule has 0 atom stereocenters. The molecule has 9 heteroatoms. The molecule has 0 spiro atoms. The minimum Gasteiger partial charge on any atom is -0.363 e. The van der Waals surface area contributed by atoms with Gasteiger partial charge < -0.3 is 15.5 Å². The monoisotopic (exact) mass is 377 g/mol. The Kier molecular flexibility index (Phi) is 7.71. The van der Waals surface area contributed by atoms with Crippen LogP contribution in [-0.2, 0) is 4.79 Å². The molecule has 1 aromatic rings.